The van der Waals surface area contributed by atoms with Gasteiger partial charge in [-0.05, 0) is 44.2 Å². The average Bonchev–Trinajstić information content (AvgIpc) is 3.27. The number of nitro benzene ring substituents is 1. The first kappa shape index (κ1) is 21.6. The number of nitrogens with zero attached hydrogens (tertiary/aromatic N) is 5. The van der Waals surface area contributed by atoms with E-state index in [1.54, 1.807) is 44.2 Å². The van der Waals surface area contributed by atoms with Crippen molar-refractivity contribution in [1.29, 1.82) is 0 Å². The van der Waals surface area contributed by atoms with Crippen LogP contribution in [0.5, 0.6) is 0 Å². The van der Waals surface area contributed by atoms with Crippen molar-refractivity contribution in [1.82, 2.24) is 19.6 Å². The van der Waals surface area contributed by atoms with Gasteiger partial charge in [-0.25, -0.2) is 9.78 Å². The summed E-state index contributed by atoms with van der Waals surface area (Å²) < 4.78 is 6.42. The summed E-state index contributed by atoms with van der Waals surface area (Å²) in [5.41, 5.74) is 1.62. The molecule has 166 valence electrons. The maximum Gasteiger partial charge on any atom is 0.338 e. The van der Waals surface area contributed by atoms with Gasteiger partial charge in [0.25, 0.3) is 17.4 Å². The highest BCUT2D eigenvalue weighted by atomic mass is 16.6. The first-order valence-corrected chi connectivity index (χ1v) is 9.90. The molecular weight excluding hydrogens is 428 g/mol. The van der Waals surface area contributed by atoms with Crippen LogP contribution in [0.4, 0.5) is 11.4 Å². The van der Waals surface area contributed by atoms with Gasteiger partial charge in [-0.1, -0.05) is 12.1 Å². The van der Waals surface area contributed by atoms with E-state index in [2.05, 4.69) is 20.4 Å². The summed E-state index contributed by atoms with van der Waals surface area (Å²) in [6.07, 6.45) is 1.01. The van der Waals surface area contributed by atoms with Crippen LogP contribution in [0.3, 0.4) is 0 Å². The highest BCUT2D eigenvalue weighted by Gasteiger charge is 2.18. The van der Waals surface area contributed by atoms with Gasteiger partial charge in [0, 0.05) is 23.4 Å². The minimum Gasteiger partial charge on any atom is -0.459 e. The van der Waals surface area contributed by atoms with Crippen molar-refractivity contribution < 1.29 is 19.2 Å². The summed E-state index contributed by atoms with van der Waals surface area (Å²) in [4.78, 5) is 44.0. The minimum absolute atomic E-state index is 0.0993. The fourth-order valence-electron chi connectivity index (χ4n) is 3.07. The van der Waals surface area contributed by atoms with E-state index in [0.29, 0.717) is 22.5 Å². The average molecular weight is 446 g/mol. The molecule has 0 saturated heterocycles. The second-order valence-corrected chi connectivity index (χ2v) is 7.29. The van der Waals surface area contributed by atoms with Crippen molar-refractivity contribution in [3.63, 3.8) is 0 Å². The third kappa shape index (κ3) is 4.66. The van der Waals surface area contributed by atoms with Gasteiger partial charge in [-0.15, -0.1) is 0 Å². The van der Waals surface area contributed by atoms with Crippen LogP contribution in [0, 0.1) is 10.1 Å². The number of hydrogen-bond donors (Lipinski definition) is 1. The van der Waals surface area contributed by atoms with E-state index >= 15 is 0 Å². The zero-order chi connectivity index (χ0) is 23.5. The van der Waals surface area contributed by atoms with E-state index in [4.69, 9.17) is 4.74 Å². The Morgan fingerprint density at radius 2 is 1.88 bits per heavy atom. The minimum atomic E-state index is -0.507. The summed E-state index contributed by atoms with van der Waals surface area (Å²) in [5, 5.41) is 17.9. The van der Waals surface area contributed by atoms with Gasteiger partial charge in [-0.3, -0.25) is 14.9 Å². The number of non-ortho nitro benzene ring substituents is 1. The van der Waals surface area contributed by atoms with Crippen molar-refractivity contribution in [2.75, 3.05) is 5.32 Å². The van der Waals surface area contributed by atoms with Crippen molar-refractivity contribution >= 4 is 29.0 Å². The molecule has 0 aliphatic heterocycles. The molecule has 0 spiro atoms. The molecule has 2 heterocycles. The van der Waals surface area contributed by atoms with Gasteiger partial charge in [0.05, 0.1) is 22.3 Å². The monoisotopic (exact) mass is 446 g/mol. The van der Waals surface area contributed by atoms with Crippen LogP contribution >= 0.6 is 0 Å². The molecule has 0 unspecified atom stereocenters. The van der Waals surface area contributed by atoms with Gasteiger partial charge in [-0.2, -0.15) is 14.6 Å². The molecule has 0 bridgehead atoms. The summed E-state index contributed by atoms with van der Waals surface area (Å²) in [6.45, 7) is 3.52. The van der Waals surface area contributed by atoms with E-state index < -0.39 is 16.8 Å². The summed E-state index contributed by atoms with van der Waals surface area (Å²) >= 11 is 0. The standard InChI is InChI=1S/C22H18N6O5/c1-13(2)33-21(30)14-6-8-16(9-7-14)25-20(29)19-11-18(26-22-23-12-24-27(19)22)15-4-3-5-17(10-15)28(31)32/h3-13H,1-2H3,(H,25,29). The molecule has 1 N–H and O–H groups in total. The Labute approximate surface area is 187 Å². The number of esters is 1. The van der Waals surface area contributed by atoms with Crippen LogP contribution in [-0.4, -0.2) is 42.5 Å². The Morgan fingerprint density at radius 1 is 1.12 bits per heavy atom. The SMILES string of the molecule is CC(C)OC(=O)c1ccc(NC(=O)c2cc(-c3cccc([N+](=O)[O-])c3)nc3ncnn23)cc1. The topological polar surface area (TPSA) is 142 Å². The lowest BCUT2D eigenvalue weighted by molar-refractivity contribution is -0.384. The number of rotatable bonds is 6. The Balaban J connectivity index is 1.63. The van der Waals surface area contributed by atoms with E-state index in [9.17, 15) is 19.7 Å². The lowest BCUT2D eigenvalue weighted by Crippen LogP contribution is -2.17. The van der Waals surface area contributed by atoms with E-state index in [1.807, 2.05) is 0 Å². The van der Waals surface area contributed by atoms with Crippen LogP contribution < -0.4 is 5.32 Å². The van der Waals surface area contributed by atoms with Crippen molar-refractivity contribution in [2.24, 2.45) is 0 Å². The van der Waals surface area contributed by atoms with E-state index in [-0.39, 0.29) is 23.3 Å². The lowest BCUT2D eigenvalue weighted by atomic mass is 10.1. The molecule has 0 fully saturated rings. The molecule has 11 nitrogen and oxygen atoms in total. The normalized spacial score (nSPS) is 10.9. The van der Waals surface area contributed by atoms with Crippen molar-refractivity contribution in [2.45, 2.75) is 20.0 Å². The quantitative estimate of drug-likeness (QED) is 0.269. The number of amides is 1. The Kier molecular flexibility index (Phi) is 5.77. The molecule has 0 aliphatic carbocycles. The number of hydrogen-bond acceptors (Lipinski definition) is 8. The zero-order valence-electron chi connectivity index (χ0n) is 17.6. The number of fused-ring (bicyclic) bond motifs is 1. The summed E-state index contributed by atoms with van der Waals surface area (Å²) in [7, 11) is 0. The fourth-order valence-corrected chi connectivity index (χ4v) is 3.07. The lowest BCUT2D eigenvalue weighted by Gasteiger charge is -2.10. The zero-order valence-corrected chi connectivity index (χ0v) is 17.6. The van der Waals surface area contributed by atoms with Gasteiger partial charge < -0.3 is 10.1 Å². The van der Waals surface area contributed by atoms with Crippen molar-refractivity contribution in [3.8, 4) is 11.3 Å². The number of anilines is 1. The molecular formula is C22H18N6O5. The third-order valence-electron chi connectivity index (χ3n) is 4.56. The fraction of sp³-hybridized carbons (Fsp3) is 0.136. The molecule has 0 aliphatic rings. The molecule has 2 aromatic carbocycles. The maximum atomic E-state index is 13.0. The third-order valence-corrected chi connectivity index (χ3v) is 4.56. The predicted molar refractivity (Wildman–Crippen MR) is 118 cm³/mol. The van der Waals surface area contributed by atoms with Gasteiger partial charge in [0.2, 0.25) is 0 Å². The predicted octanol–water partition coefficient (Wildman–Crippen LogP) is 3.52. The molecule has 11 heteroatoms. The summed E-state index contributed by atoms with van der Waals surface area (Å²) in [6, 6.07) is 13.7. The van der Waals surface area contributed by atoms with Crippen LogP contribution in [0.15, 0.2) is 60.9 Å². The Bertz CT molecular complexity index is 1360. The number of carbonyl (C=O) groups is 2. The molecule has 0 saturated carbocycles. The van der Waals surface area contributed by atoms with Gasteiger partial charge >= 0.3 is 5.97 Å². The highest BCUT2D eigenvalue weighted by Crippen LogP contribution is 2.24. The largest absolute Gasteiger partial charge is 0.459 e. The number of carbonyl (C=O) groups excluding carboxylic acids is 2. The second-order valence-electron chi connectivity index (χ2n) is 7.29. The number of nitrogens with one attached hydrogen (secondary N) is 1. The molecule has 0 atom stereocenters. The van der Waals surface area contributed by atoms with Crippen LogP contribution in [0.1, 0.15) is 34.7 Å². The maximum absolute atomic E-state index is 13.0. The Hall–Kier alpha value is -4.67. The van der Waals surface area contributed by atoms with Crippen LogP contribution in [0.2, 0.25) is 0 Å². The smallest absolute Gasteiger partial charge is 0.338 e. The van der Waals surface area contributed by atoms with Crippen LogP contribution in [-0.2, 0) is 4.74 Å². The van der Waals surface area contributed by atoms with Gasteiger partial charge in [0.1, 0.15) is 12.0 Å². The summed E-state index contributed by atoms with van der Waals surface area (Å²) in [5.74, 6) is -0.795. The molecule has 0 radical (unpaired) electrons. The first-order chi connectivity index (χ1) is 15.8. The molecule has 4 rings (SSSR count). The molecule has 4 aromatic rings. The van der Waals surface area contributed by atoms with Gasteiger partial charge in [0.15, 0.2) is 0 Å². The molecule has 1 amide bonds. The molecule has 33 heavy (non-hydrogen) atoms. The Morgan fingerprint density at radius 3 is 2.58 bits per heavy atom. The van der Waals surface area contributed by atoms with E-state index in [1.165, 1.54) is 35.1 Å². The first-order valence-electron chi connectivity index (χ1n) is 9.90. The molecule has 2 aromatic heterocycles. The number of benzene rings is 2. The van der Waals surface area contributed by atoms with E-state index in [0.717, 1.165) is 0 Å². The second kappa shape index (κ2) is 8.83. The van der Waals surface area contributed by atoms with Crippen molar-refractivity contribution in [3.05, 3.63) is 82.3 Å². The number of aromatic nitrogens is 4. The number of nitro groups is 1. The van der Waals surface area contributed by atoms with Crippen LogP contribution in [0.25, 0.3) is 17.0 Å². The number of ether oxygens (including phenoxy) is 1. The highest BCUT2D eigenvalue weighted by molar-refractivity contribution is 6.04.